The van der Waals surface area contributed by atoms with Gasteiger partial charge in [0.25, 0.3) is 0 Å². The van der Waals surface area contributed by atoms with Crippen LogP contribution >= 0.6 is 0 Å². The molecule has 7 heteroatoms. The number of aromatic nitrogens is 2. The maximum absolute atomic E-state index is 13.1. The quantitative estimate of drug-likeness (QED) is 0.548. The Bertz CT molecular complexity index is 1160. The van der Waals surface area contributed by atoms with Gasteiger partial charge < -0.3 is 19.3 Å². The van der Waals surface area contributed by atoms with Crippen LogP contribution in [-0.4, -0.2) is 47.5 Å². The van der Waals surface area contributed by atoms with Crippen molar-refractivity contribution in [3.63, 3.8) is 0 Å². The first-order valence-corrected chi connectivity index (χ1v) is 11.9. The van der Waals surface area contributed by atoms with Crippen LogP contribution < -0.4 is 14.4 Å². The van der Waals surface area contributed by atoms with Gasteiger partial charge in [0.15, 0.2) is 0 Å². The van der Waals surface area contributed by atoms with E-state index in [1.165, 1.54) is 5.56 Å². The third kappa shape index (κ3) is 4.83. The molecular formula is C27H30N4O3. The molecule has 0 aliphatic carbocycles. The van der Waals surface area contributed by atoms with E-state index < -0.39 is 0 Å². The van der Waals surface area contributed by atoms with Crippen LogP contribution in [0.3, 0.4) is 0 Å². The van der Waals surface area contributed by atoms with E-state index in [2.05, 4.69) is 4.90 Å². The molecule has 1 fully saturated rings. The Kier molecular flexibility index (Phi) is 6.34. The van der Waals surface area contributed by atoms with Crippen LogP contribution in [0.15, 0.2) is 48.5 Å². The van der Waals surface area contributed by atoms with Gasteiger partial charge in [-0.3, -0.25) is 4.79 Å². The number of anilines is 1. The molecule has 0 bridgehead atoms. The number of nitrogens with zero attached hydrogens (tertiary/aromatic N) is 4. The van der Waals surface area contributed by atoms with E-state index in [-0.39, 0.29) is 5.91 Å². The van der Waals surface area contributed by atoms with Crippen LogP contribution in [0.1, 0.15) is 35.2 Å². The standard InChI is InChI=1S/C27H30N4O3/c1-19-5-9-22(10-6-19)34-26-23-18-31(25(32)17-20-7-11-21(33-2)12-8-20)16-13-24(23)28-27(29-26)30-14-3-4-15-30/h5-12H,3-4,13-18H2,1-2H3. The van der Waals surface area contributed by atoms with Gasteiger partial charge in [0.1, 0.15) is 11.5 Å². The third-order valence-corrected chi connectivity index (χ3v) is 6.50. The van der Waals surface area contributed by atoms with Gasteiger partial charge in [-0.05, 0) is 49.6 Å². The summed E-state index contributed by atoms with van der Waals surface area (Å²) in [5.74, 6) is 2.89. The second-order valence-corrected chi connectivity index (χ2v) is 8.95. The largest absolute Gasteiger partial charge is 0.497 e. The van der Waals surface area contributed by atoms with E-state index in [9.17, 15) is 4.79 Å². The van der Waals surface area contributed by atoms with Crippen molar-refractivity contribution in [2.24, 2.45) is 0 Å². The zero-order valence-electron chi connectivity index (χ0n) is 19.8. The summed E-state index contributed by atoms with van der Waals surface area (Å²) in [6.45, 7) is 5.08. The third-order valence-electron chi connectivity index (χ3n) is 6.50. The number of carbonyl (C=O) groups excluding carboxylic acids is 1. The highest BCUT2D eigenvalue weighted by Crippen LogP contribution is 2.32. The van der Waals surface area contributed by atoms with Crippen LogP contribution in [0.2, 0.25) is 0 Å². The van der Waals surface area contributed by atoms with E-state index in [1.807, 2.05) is 60.4 Å². The number of hydrogen-bond donors (Lipinski definition) is 0. The van der Waals surface area contributed by atoms with Gasteiger partial charge in [0, 0.05) is 26.1 Å². The van der Waals surface area contributed by atoms with Gasteiger partial charge in [0.05, 0.1) is 31.3 Å². The molecule has 3 aromatic rings. The summed E-state index contributed by atoms with van der Waals surface area (Å²) in [6, 6.07) is 15.6. The molecule has 0 spiro atoms. The summed E-state index contributed by atoms with van der Waals surface area (Å²) in [4.78, 5) is 26.9. The lowest BCUT2D eigenvalue weighted by molar-refractivity contribution is -0.131. The molecule has 176 valence electrons. The number of aryl methyl sites for hydroxylation is 1. The molecule has 0 N–H and O–H groups in total. The first-order chi connectivity index (χ1) is 16.6. The highest BCUT2D eigenvalue weighted by atomic mass is 16.5. The molecule has 0 atom stereocenters. The fourth-order valence-electron chi connectivity index (χ4n) is 4.47. The van der Waals surface area contributed by atoms with Crippen molar-refractivity contribution in [3.8, 4) is 17.4 Å². The van der Waals surface area contributed by atoms with Crippen molar-refractivity contribution >= 4 is 11.9 Å². The van der Waals surface area contributed by atoms with Crippen molar-refractivity contribution in [2.45, 2.75) is 39.2 Å². The molecule has 5 rings (SSSR count). The molecule has 2 aliphatic heterocycles. The van der Waals surface area contributed by atoms with Crippen LogP contribution in [0.4, 0.5) is 5.95 Å². The van der Waals surface area contributed by atoms with E-state index >= 15 is 0 Å². The minimum atomic E-state index is 0.0840. The number of rotatable bonds is 6. The normalized spacial score (nSPS) is 15.2. The van der Waals surface area contributed by atoms with E-state index in [1.54, 1.807) is 7.11 Å². The fourth-order valence-corrected chi connectivity index (χ4v) is 4.47. The zero-order chi connectivity index (χ0) is 23.5. The number of carbonyl (C=O) groups is 1. The number of amides is 1. The van der Waals surface area contributed by atoms with Gasteiger partial charge in [-0.25, -0.2) is 4.98 Å². The van der Waals surface area contributed by atoms with Crippen molar-refractivity contribution in [2.75, 3.05) is 31.6 Å². The summed E-state index contributed by atoms with van der Waals surface area (Å²) in [6.07, 6.45) is 3.35. The lowest BCUT2D eigenvalue weighted by atomic mass is 10.0. The molecular weight excluding hydrogens is 428 g/mol. The molecule has 2 aliphatic rings. The number of hydrogen-bond acceptors (Lipinski definition) is 6. The van der Waals surface area contributed by atoms with Crippen LogP contribution in [0, 0.1) is 6.92 Å². The number of ether oxygens (including phenoxy) is 2. The summed E-state index contributed by atoms with van der Waals surface area (Å²) < 4.78 is 11.5. The highest BCUT2D eigenvalue weighted by Gasteiger charge is 2.28. The Balaban J connectivity index is 1.39. The van der Waals surface area contributed by atoms with Crippen molar-refractivity contribution in [1.29, 1.82) is 0 Å². The van der Waals surface area contributed by atoms with E-state index in [0.717, 1.165) is 60.2 Å². The molecule has 34 heavy (non-hydrogen) atoms. The first-order valence-electron chi connectivity index (χ1n) is 11.9. The number of methoxy groups -OCH3 is 1. The average Bonchev–Trinajstić information content (AvgIpc) is 3.41. The van der Waals surface area contributed by atoms with Gasteiger partial charge in [-0.1, -0.05) is 29.8 Å². The molecule has 0 saturated carbocycles. The van der Waals surface area contributed by atoms with Gasteiger partial charge in [-0.2, -0.15) is 4.98 Å². The summed E-state index contributed by atoms with van der Waals surface area (Å²) in [7, 11) is 1.64. The summed E-state index contributed by atoms with van der Waals surface area (Å²) in [5, 5.41) is 0. The molecule has 7 nitrogen and oxygen atoms in total. The maximum atomic E-state index is 13.1. The Morgan fingerprint density at radius 3 is 2.35 bits per heavy atom. The smallest absolute Gasteiger partial charge is 0.229 e. The molecule has 1 amide bonds. The monoisotopic (exact) mass is 458 g/mol. The van der Waals surface area contributed by atoms with Crippen LogP contribution in [-0.2, 0) is 24.2 Å². The SMILES string of the molecule is COc1ccc(CC(=O)N2CCc3nc(N4CCCC4)nc(Oc4ccc(C)cc4)c3C2)cc1. The topological polar surface area (TPSA) is 67.8 Å². The molecule has 0 unspecified atom stereocenters. The molecule has 1 aromatic heterocycles. The van der Waals surface area contributed by atoms with Crippen LogP contribution in [0.5, 0.6) is 17.4 Å². The summed E-state index contributed by atoms with van der Waals surface area (Å²) in [5.41, 5.74) is 4.02. The Morgan fingerprint density at radius 2 is 1.65 bits per heavy atom. The lowest BCUT2D eigenvalue weighted by Crippen LogP contribution is -2.38. The van der Waals surface area contributed by atoms with Crippen molar-refractivity contribution in [3.05, 3.63) is 70.9 Å². The first kappa shape index (κ1) is 22.2. The van der Waals surface area contributed by atoms with Crippen molar-refractivity contribution in [1.82, 2.24) is 14.9 Å². The maximum Gasteiger partial charge on any atom is 0.229 e. The molecule has 0 radical (unpaired) electrons. The highest BCUT2D eigenvalue weighted by molar-refractivity contribution is 5.79. The Labute approximate surface area is 200 Å². The Morgan fingerprint density at radius 1 is 0.941 bits per heavy atom. The minimum absolute atomic E-state index is 0.0840. The minimum Gasteiger partial charge on any atom is -0.497 e. The molecule has 3 heterocycles. The van der Waals surface area contributed by atoms with Gasteiger partial charge >= 0.3 is 0 Å². The fraction of sp³-hybridized carbons (Fsp3) is 0.370. The average molecular weight is 459 g/mol. The number of fused-ring (bicyclic) bond motifs is 1. The van der Waals surface area contributed by atoms with Crippen LogP contribution in [0.25, 0.3) is 0 Å². The van der Waals surface area contributed by atoms with E-state index in [4.69, 9.17) is 19.4 Å². The van der Waals surface area contributed by atoms with Gasteiger partial charge in [-0.15, -0.1) is 0 Å². The van der Waals surface area contributed by atoms with E-state index in [0.29, 0.717) is 31.8 Å². The molecule has 1 saturated heterocycles. The summed E-state index contributed by atoms with van der Waals surface area (Å²) >= 11 is 0. The molecule has 2 aromatic carbocycles. The zero-order valence-corrected chi connectivity index (χ0v) is 19.8. The Hall–Kier alpha value is -3.61. The van der Waals surface area contributed by atoms with Crippen molar-refractivity contribution < 1.29 is 14.3 Å². The predicted octanol–water partition coefficient (Wildman–Crippen LogP) is 4.31. The van der Waals surface area contributed by atoms with Gasteiger partial charge in [0.2, 0.25) is 17.7 Å². The predicted molar refractivity (Wildman–Crippen MR) is 131 cm³/mol. The second kappa shape index (κ2) is 9.71. The lowest BCUT2D eigenvalue weighted by Gasteiger charge is -2.30. The second-order valence-electron chi connectivity index (χ2n) is 8.95. The number of benzene rings is 2.